The van der Waals surface area contributed by atoms with Crippen molar-refractivity contribution in [3.63, 3.8) is 0 Å². The van der Waals surface area contributed by atoms with Crippen LogP contribution < -0.4 is 0 Å². The Balaban J connectivity index is 2.01. The van der Waals surface area contributed by atoms with Crippen molar-refractivity contribution < 1.29 is 0 Å². The average molecular weight is 277 g/mol. The van der Waals surface area contributed by atoms with Gasteiger partial charge < -0.3 is 0 Å². The van der Waals surface area contributed by atoms with E-state index < -0.39 is 0 Å². The normalized spacial score (nSPS) is 13.3. The van der Waals surface area contributed by atoms with Crippen LogP contribution in [0.25, 0.3) is 6.08 Å². The van der Waals surface area contributed by atoms with E-state index in [-0.39, 0.29) is 0 Å². The summed E-state index contributed by atoms with van der Waals surface area (Å²) in [6, 6.07) is 16.7. The second-order valence-corrected chi connectivity index (χ2v) is 5.39. The topological polar surface area (TPSA) is 12.4 Å². The minimum atomic E-state index is 0.862. The highest BCUT2D eigenvalue weighted by Crippen LogP contribution is 2.29. The molecule has 0 aliphatic carbocycles. The third-order valence-corrected chi connectivity index (χ3v) is 4.10. The second kappa shape index (κ2) is 5.93. The van der Waals surface area contributed by atoms with Crippen LogP contribution in [-0.4, -0.2) is 5.71 Å². The Kier molecular flexibility index (Phi) is 3.84. The summed E-state index contributed by atoms with van der Waals surface area (Å²) in [5.41, 5.74) is 4.68. The van der Waals surface area contributed by atoms with Crippen LogP contribution in [0.4, 0.5) is 0 Å². The summed E-state index contributed by atoms with van der Waals surface area (Å²) in [4.78, 5) is 1.19. The molecule has 0 radical (unpaired) electrons. The molecule has 0 bridgehead atoms. The molecule has 3 rings (SSSR count). The molecule has 0 amide bonds. The number of hydrogen-bond donors (Lipinski definition) is 0. The lowest BCUT2D eigenvalue weighted by molar-refractivity contribution is 1.26. The molecule has 0 saturated carbocycles. The van der Waals surface area contributed by atoms with Crippen molar-refractivity contribution >= 4 is 23.7 Å². The Morgan fingerprint density at radius 1 is 1.00 bits per heavy atom. The van der Waals surface area contributed by atoms with Gasteiger partial charge in [0.2, 0.25) is 0 Å². The number of allylic oxidation sites excluding steroid dienone is 2. The molecule has 1 aliphatic rings. The molecule has 0 aromatic heterocycles. The van der Waals surface area contributed by atoms with E-state index in [0.29, 0.717) is 0 Å². The van der Waals surface area contributed by atoms with Gasteiger partial charge in [-0.3, -0.25) is 0 Å². The first-order valence-electron chi connectivity index (χ1n) is 6.60. The minimum absolute atomic E-state index is 0.862. The van der Waals surface area contributed by atoms with Gasteiger partial charge >= 0.3 is 0 Å². The van der Waals surface area contributed by atoms with Crippen LogP contribution in [0.15, 0.2) is 76.6 Å². The molecule has 98 valence electrons. The molecule has 2 heteroatoms. The van der Waals surface area contributed by atoms with Crippen LogP contribution in [0.1, 0.15) is 16.7 Å². The summed E-state index contributed by atoms with van der Waals surface area (Å²) >= 11 is 1.54. The SMILES string of the molecule is C=CCc1ccccc1C1=NSc2ccccc2C=C1. The van der Waals surface area contributed by atoms with E-state index in [4.69, 9.17) is 0 Å². The van der Waals surface area contributed by atoms with Crippen molar-refractivity contribution in [1.82, 2.24) is 0 Å². The van der Waals surface area contributed by atoms with Crippen LogP contribution >= 0.6 is 11.9 Å². The zero-order valence-corrected chi connectivity index (χ0v) is 11.9. The molecule has 0 N–H and O–H groups in total. The molecule has 1 heterocycles. The monoisotopic (exact) mass is 277 g/mol. The summed E-state index contributed by atoms with van der Waals surface area (Å²) in [6.07, 6.45) is 7.03. The summed E-state index contributed by atoms with van der Waals surface area (Å²) in [6.45, 7) is 3.83. The van der Waals surface area contributed by atoms with Gasteiger partial charge in [0.15, 0.2) is 0 Å². The van der Waals surface area contributed by atoms with Gasteiger partial charge in [0.1, 0.15) is 0 Å². The highest BCUT2D eigenvalue weighted by Gasteiger charge is 2.10. The van der Waals surface area contributed by atoms with E-state index in [1.807, 2.05) is 12.1 Å². The highest BCUT2D eigenvalue weighted by molar-refractivity contribution is 7.98. The van der Waals surface area contributed by atoms with Crippen LogP contribution in [0, 0.1) is 0 Å². The maximum Gasteiger partial charge on any atom is 0.0792 e. The maximum atomic E-state index is 4.69. The standard InChI is InChI=1S/C18H15NS/c1-2-7-14-8-3-5-10-16(14)17-13-12-15-9-4-6-11-18(15)20-19-17/h2-6,8-13H,1,7H2. The Bertz CT molecular complexity index is 698. The predicted octanol–water partition coefficient (Wildman–Crippen LogP) is 4.94. The molecular formula is C18H15NS. The first-order valence-corrected chi connectivity index (χ1v) is 7.37. The summed E-state index contributed by atoms with van der Waals surface area (Å²) in [5, 5.41) is 0. The van der Waals surface area contributed by atoms with Gasteiger partial charge in [0, 0.05) is 22.4 Å². The smallest absolute Gasteiger partial charge is 0.0792 e. The van der Waals surface area contributed by atoms with E-state index in [1.54, 1.807) is 0 Å². The Morgan fingerprint density at radius 2 is 1.80 bits per heavy atom. The van der Waals surface area contributed by atoms with Gasteiger partial charge in [-0.05, 0) is 29.7 Å². The number of benzene rings is 2. The minimum Gasteiger partial charge on any atom is -0.211 e. The van der Waals surface area contributed by atoms with Gasteiger partial charge in [-0.1, -0.05) is 54.6 Å². The quantitative estimate of drug-likeness (QED) is 0.572. The van der Waals surface area contributed by atoms with Crippen molar-refractivity contribution in [2.45, 2.75) is 11.3 Å². The first-order chi connectivity index (χ1) is 9.88. The zero-order chi connectivity index (χ0) is 13.8. The third-order valence-electron chi connectivity index (χ3n) is 3.24. The van der Waals surface area contributed by atoms with E-state index in [0.717, 1.165) is 12.1 Å². The molecule has 2 aromatic rings. The third kappa shape index (κ3) is 2.61. The van der Waals surface area contributed by atoms with Gasteiger partial charge in [-0.2, -0.15) is 0 Å². The van der Waals surface area contributed by atoms with E-state index in [9.17, 15) is 0 Å². The first kappa shape index (κ1) is 12.9. The molecule has 20 heavy (non-hydrogen) atoms. The van der Waals surface area contributed by atoms with Gasteiger partial charge in [-0.25, -0.2) is 4.40 Å². The Morgan fingerprint density at radius 3 is 2.70 bits per heavy atom. The highest BCUT2D eigenvalue weighted by atomic mass is 32.2. The number of rotatable bonds is 3. The van der Waals surface area contributed by atoms with Gasteiger partial charge in [-0.15, -0.1) is 6.58 Å². The van der Waals surface area contributed by atoms with Crippen LogP contribution in [0.2, 0.25) is 0 Å². The van der Waals surface area contributed by atoms with E-state index in [1.165, 1.54) is 33.5 Å². The lowest BCUT2D eigenvalue weighted by atomic mass is 10.00. The Labute approximate surface area is 123 Å². The predicted molar refractivity (Wildman–Crippen MR) is 88.2 cm³/mol. The number of hydrogen-bond acceptors (Lipinski definition) is 2. The molecule has 0 spiro atoms. The van der Waals surface area contributed by atoms with Crippen LogP contribution in [-0.2, 0) is 6.42 Å². The van der Waals surface area contributed by atoms with E-state index >= 15 is 0 Å². The fourth-order valence-electron chi connectivity index (χ4n) is 2.24. The van der Waals surface area contributed by atoms with Gasteiger partial charge in [0.05, 0.1) is 5.71 Å². The van der Waals surface area contributed by atoms with Crippen molar-refractivity contribution in [1.29, 1.82) is 0 Å². The lowest BCUT2D eigenvalue weighted by Crippen LogP contribution is -2.00. The molecule has 2 aromatic carbocycles. The molecule has 0 atom stereocenters. The lowest BCUT2D eigenvalue weighted by Gasteiger charge is -2.06. The van der Waals surface area contributed by atoms with Crippen LogP contribution in [0.5, 0.6) is 0 Å². The van der Waals surface area contributed by atoms with E-state index in [2.05, 4.69) is 65.6 Å². The van der Waals surface area contributed by atoms with Crippen molar-refractivity contribution in [3.8, 4) is 0 Å². The largest absolute Gasteiger partial charge is 0.211 e. The fourth-order valence-corrected chi connectivity index (χ4v) is 2.98. The maximum absolute atomic E-state index is 4.69. The van der Waals surface area contributed by atoms with Crippen molar-refractivity contribution in [2.75, 3.05) is 0 Å². The summed E-state index contributed by atoms with van der Waals surface area (Å²) < 4.78 is 4.69. The zero-order valence-electron chi connectivity index (χ0n) is 11.1. The molecule has 0 saturated heterocycles. The van der Waals surface area contributed by atoms with Crippen molar-refractivity contribution in [2.24, 2.45) is 4.40 Å². The van der Waals surface area contributed by atoms with Crippen LogP contribution in [0.3, 0.4) is 0 Å². The number of nitrogens with zero attached hydrogens (tertiary/aromatic N) is 1. The van der Waals surface area contributed by atoms with Crippen molar-refractivity contribution in [3.05, 3.63) is 84.0 Å². The molecule has 0 fully saturated rings. The number of fused-ring (bicyclic) bond motifs is 1. The molecule has 1 nitrogen and oxygen atoms in total. The Hall–Kier alpha value is -2.06. The van der Waals surface area contributed by atoms with Gasteiger partial charge in [0.25, 0.3) is 0 Å². The molecule has 0 unspecified atom stereocenters. The molecule has 1 aliphatic heterocycles. The molecular weight excluding hydrogens is 262 g/mol. The summed E-state index contributed by atoms with van der Waals surface area (Å²) in [5.74, 6) is 0. The second-order valence-electron chi connectivity index (χ2n) is 4.59. The fraction of sp³-hybridized carbons (Fsp3) is 0.0556. The average Bonchev–Trinajstić information content (AvgIpc) is 2.71. The summed E-state index contributed by atoms with van der Waals surface area (Å²) in [7, 11) is 0.